The molecule has 0 radical (unpaired) electrons. The predicted molar refractivity (Wildman–Crippen MR) is 149 cm³/mol. The third-order valence-corrected chi connectivity index (χ3v) is 7.61. The number of nitrogens with one attached hydrogen (secondary N) is 1. The zero-order valence-corrected chi connectivity index (χ0v) is 22.2. The molecule has 11 nitrogen and oxygen atoms in total. The van der Waals surface area contributed by atoms with Crippen LogP contribution in [0.15, 0.2) is 65.6 Å². The lowest BCUT2D eigenvalue weighted by Crippen LogP contribution is -2.55. The van der Waals surface area contributed by atoms with Crippen LogP contribution in [0.2, 0.25) is 0 Å². The van der Waals surface area contributed by atoms with Crippen molar-refractivity contribution >= 4 is 28.4 Å². The van der Waals surface area contributed by atoms with Gasteiger partial charge in [-0.25, -0.2) is 24.5 Å². The summed E-state index contributed by atoms with van der Waals surface area (Å²) in [5.74, 6) is 0.860. The molecule has 202 valence electrons. The lowest BCUT2D eigenvalue weighted by molar-refractivity contribution is -1.09. The van der Waals surface area contributed by atoms with Crippen LogP contribution in [-0.2, 0) is 12.1 Å². The monoisotopic (exact) mass is 529 g/mol. The van der Waals surface area contributed by atoms with Crippen molar-refractivity contribution in [2.45, 2.75) is 31.9 Å². The van der Waals surface area contributed by atoms with Crippen LogP contribution in [0.4, 0.5) is 17.3 Å². The number of allylic oxidation sites excluding steroid dienone is 2. The molecule has 1 saturated heterocycles. The summed E-state index contributed by atoms with van der Waals surface area (Å²) in [7, 11) is 1.83. The van der Waals surface area contributed by atoms with Gasteiger partial charge in [0.15, 0.2) is 11.5 Å². The van der Waals surface area contributed by atoms with Crippen LogP contribution in [0.3, 0.4) is 0 Å². The number of likely N-dealkylation sites (N-methyl/N-ethyl adjacent to an activating group) is 1. The normalized spacial score (nSPS) is 21.7. The Balaban J connectivity index is 1.34. The fourth-order valence-electron chi connectivity index (χ4n) is 5.15. The van der Waals surface area contributed by atoms with Crippen molar-refractivity contribution in [2.75, 3.05) is 43.4 Å². The SMILES string of the molecule is C[C@]1(O)CC/C=C\Cn2c(=O)c3cnc(Nc4ccc(N5CC[N+](C)(O)CC5)cc4)nc3n2-c2cccc1n2. The number of aromatic nitrogens is 5. The van der Waals surface area contributed by atoms with Gasteiger partial charge in [0, 0.05) is 17.6 Å². The van der Waals surface area contributed by atoms with Crippen LogP contribution in [0.1, 0.15) is 25.5 Å². The quantitative estimate of drug-likeness (QED) is 0.274. The number of nitrogens with zero attached hydrogens (tertiary/aromatic N) is 7. The van der Waals surface area contributed by atoms with Crippen molar-refractivity contribution in [3.05, 3.63) is 76.9 Å². The molecule has 1 aromatic carbocycles. The first-order valence-corrected chi connectivity index (χ1v) is 13.2. The molecule has 4 aromatic rings. The molecule has 6 rings (SSSR count). The lowest BCUT2D eigenvalue weighted by atomic mass is 9.95. The molecule has 0 saturated carbocycles. The second-order valence-corrected chi connectivity index (χ2v) is 10.7. The van der Waals surface area contributed by atoms with Gasteiger partial charge in [0.2, 0.25) is 5.95 Å². The average molecular weight is 530 g/mol. The van der Waals surface area contributed by atoms with E-state index in [0.29, 0.717) is 61.0 Å². The summed E-state index contributed by atoms with van der Waals surface area (Å²) < 4.78 is 3.35. The van der Waals surface area contributed by atoms with Gasteiger partial charge >= 0.3 is 0 Å². The van der Waals surface area contributed by atoms with E-state index in [1.54, 1.807) is 28.6 Å². The lowest BCUT2D eigenvalue weighted by Gasteiger charge is -2.37. The van der Waals surface area contributed by atoms with Crippen molar-refractivity contribution in [2.24, 2.45) is 0 Å². The van der Waals surface area contributed by atoms with E-state index in [2.05, 4.69) is 15.2 Å². The number of piperazine rings is 1. The molecule has 2 aliphatic rings. The third-order valence-electron chi connectivity index (χ3n) is 7.61. The molecule has 11 heteroatoms. The highest BCUT2D eigenvalue weighted by molar-refractivity contribution is 5.77. The smallest absolute Gasteiger partial charge is 0.278 e. The minimum atomic E-state index is -1.10. The highest BCUT2D eigenvalue weighted by atomic mass is 16.5. The Kier molecular flexibility index (Phi) is 6.21. The Hall–Kier alpha value is -4.06. The first kappa shape index (κ1) is 25.2. The summed E-state index contributed by atoms with van der Waals surface area (Å²) in [6.07, 6.45) is 6.64. The van der Waals surface area contributed by atoms with Crippen LogP contribution < -0.4 is 15.8 Å². The van der Waals surface area contributed by atoms with Gasteiger partial charge in [-0.15, -0.1) is 0 Å². The molecule has 0 amide bonds. The summed E-state index contributed by atoms with van der Waals surface area (Å²) >= 11 is 0. The van der Waals surface area contributed by atoms with Gasteiger partial charge < -0.3 is 15.3 Å². The number of hydrogen-bond acceptors (Lipinski definition) is 8. The maximum Gasteiger partial charge on any atom is 0.278 e. The number of quaternary nitrogens is 1. The van der Waals surface area contributed by atoms with Gasteiger partial charge in [0.05, 0.1) is 32.4 Å². The van der Waals surface area contributed by atoms with E-state index >= 15 is 0 Å². The highest BCUT2D eigenvalue weighted by Gasteiger charge is 2.28. The van der Waals surface area contributed by atoms with Gasteiger partial charge in [0.25, 0.3) is 5.56 Å². The molecule has 2 bridgehead atoms. The maximum atomic E-state index is 13.4. The van der Waals surface area contributed by atoms with Crippen molar-refractivity contribution in [1.82, 2.24) is 24.3 Å². The van der Waals surface area contributed by atoms with Crippen molar-refractivity contribution in [1.29, 1.82) is 0 Å². The van der Waals surface area contributed by atoms with Crippen molar-refractivity contribution in [3.8, 4) is 5.82 Å². The number of aliphatic hydroxyl groups is 1. The van der Waals surface area contributed by atoms with E-state index in [1.165, 1.54) is 0 Å². The molecule has 0 unspecified atom stereocenters. The molecule has 5 heterocycles. The van der Waals surface area contributed by atoms with E-state index in [9.17, 15) is 15.1 Å². The average Bonchev–Trinajstić information content (AvgIpc) is 3.19. The molecular weight excluding hydrogens is 496 g/mol. The molecular formula is C28H33N8O3+. The Morgan fingerprint density at radius 2 is 1.82 bits per heavy atom. The molecule has 3 aromatic heterocycles. The van der Waals surface area contributed by atoms with E-state index in [0.717, 1.165) is 24.5 Å². The van der Waals surface area contributed by atoms with Crippen molar-refractivity contribution < 1.29 is 15.0 Å². The first-order valence-electron chi connectivity index (χ1n) is 13.2. The molecule has 2 aliphatic heterocycles. The van der Waals surface area contributed by atoms with Crippen LogP contribution in [0.5, 0.6) is 0 Å². The molecule has 0 aliphatic carbocycles. The second kappa shape index (κ2) is 9.60. The number of benzene rings is 1. The summed E-state index contributed by atoms with van der Waals surface area (Å²) in [6.45, 7) is 5.04. The highest BCUT2D eigenvalue weighted by Crippen LogP contribution is 2.27. The predicted octanol–water partition coefficient (Wildman–Crippen LogP) is 2.93. The van der Waals surface area contributed by atoms with Crippen LogP contribution in [0, 0.1) is 0 Å². The summed E-state index contributed by atoms with van der Waals surface area (Å²) in [5, 5.41) is 24.8. The molecule has 1 fully saturated rings. The van der Waals surface area contributed by atoms with Crippen LogP contribution in [-0.4, -0.2) is 72.5 Å². The van der Waals surface area contributed by atoms with Gasteiger partial charge in [-0.1, -0.05) is 18.2 Å². The molecule has 0 spiro atoms. The minimum Gasteiger partial charge on any atom is -0.384 e. The van der Waals surface area contributed by atoms with Crippen LogP contribution >= 0.6 is 0 Å². The van der Waals surface area contributed by atoms with E-state index in [1.807, 2.05) is 55.6 Å². The zero-order valence-electron chi connectivity index (χ0n) is 22.2. The number of fused-ring (bicyclic) bond motifs is 6. The second-order valence-electron chi connectivity index (χ2n) is 10.7. The number of rotatable bonds is 3. The van der Waals surface area contributed by atoms with Gasteiger partial charge in [-0.2, -0.15) is 9.63 Å². The van der Waals surface area contributed by atoms with E-state index in [4.69, 9.17) is 9.97 Å². The molecule has 1 atom stereocenters. The topological polar surface area (TPSA) is 121 Å². The Labute approximate surface area is 225 Å². The summed E-state index contributed by atoms with van der Waals surface area (Å²) in [4.78, 5) is 29.5. The fourth-order valence-corrected chi connectivity index (χ4v) is 5.15. The third kappa shape index (κ3) is 4.91. The zero-order chi connectivity index (χ0) is 27.2. The Bertz CT molecular complexity index is 1590. The minimum absolute atomic E-state index is 0.0537. The fraction of sp³-hybridized carbons (Fsp3) is 0.357. The Morgan fingerprint density at radius 3 is 2.59 bits per heavy atom. The van der Waals surface area contributed by atoms with Crippen molar-refractivity contribution in [3.63, 3.8) is 0 Å². The van der Waals surface area contributed by atoms with Gasteiger partial charge in [-0.05, 0) is 56.2 Å². The summed E-state index contributed by atoms with van der Waals surface area (Å²) in [6, 6.07) is 13.5. The molecule has 3 N–H and O–H groups in total. The largest absolute Gasteiger partial charge is 0.384 e. The van der Waals surface area contributed by atoms with E-state index < -0.39 is 5.60 Å². The summed E-state index contributed by atoms with van der Waals surface area (Å²) in [5.41, 5.74) is 1.58. The first-order chi connectivity index (χ1) is 18.7. The van der Waals surface area contributed by atoms with E-state index in [-0.39, 0.29) is 10.2 Å². The number of pyridine rings is 1. The maximum absolute atomic E-state index is 13.4. The number of anilines is 3. The van der Waals surface area contributed by atoms with Crippen LogP contribution in [0.25, 0.3) is 16.9 Å². The standard InChI is InChI=1S/C28H32N8O3/c1-28(38)13-4-3-5-14-34-26(37)22-19-29-27(32-25(22)35(34)24-8-6-7-23(28)31-24)30-20-9-11-21(12-10-20)33-15-17-36(2,39)18-16-33/h3,5-12,19,38-39H,4,13-18H2,1-2H3/p+1/b5-3-/t28-/m0/s1. The van der Waals surface area contributed by atoms with Gasteiger partial charge in [-0.3, -0.25) is 4.79 Å². The number of hydroxylamine groups is 3. The Morgan fingerprint density at radius 1 is 1.05 bits per heavy atom. The van der Waals surface area contributed by atoms with Gasteiger partial charge in [0.1, 0.15) is 24.1 Å². The number of hydrogen-bond donors (Lipinski definition) is 3. The molecule has 39 heavy (non-hydrogen) atoms.